The molecule has 0 saturated carbocycles. The van der Waals surface area contributed by atoms with Crippen LogP contribution in [0.25, 0.3) is 0 Å². The van der Waals surface area contributed by atoms with Gasteiger partial charge in [0, 0.05) is 13.5 Å². The summed E-state index contributed by atoms with van der Waals surface area (Å²) in [5.74, 6) is 0.597. The number of imidazole rings is 1. The fourth-order valence-electron chi connectivity index (χ4n) is 4.02. The van der Waals surface area contributed by atoms with Crippen LogP contribution < -0.4 is 9.64 Å². The van der Waals surface area contributed by atoms with Gasteiger partial charge in [0.25, 0.3) is 0 Å². The van der Waals surface area contributed by atoms with E-state index in [1.165, 1.54) is 34.9 Å². The fourth-order valence-corrected chi connectivity index (χ4v) is 5.08. The molecule has 1 aliphatic heterocycles. The SMILES string of the molecule is CC(=O)N(c1cnc[nH]1)c1cc(C#N)cc2c1OCC(N(Cc1ccccc1)S(C)(=O)=O)C2. The van der Waals surface area contributed by atoms with Crippen molar-refractivity contribution in [2.75, 3.05) is 17.8 Å². The molecule has 3 aromatic rings. The molecule has 170 valence electrons. The van der Waals surface area contributed by atoms with Gasteiger partial charge in [0.15, 0.2) is 0 Å². The summed E-state index contributed by atoms with van der Waals surface area (Å²) in [5, 5.41) is 9.59. The molecule has 2 heterocycles. The van der Waals surface area contributed by atoms with Gasteiger partial charge in [-0.1, -0.05) is 30.3 Å². The Hall–Kier alpha value is -3.68. The lowest BCUT2D eigenvalue weighted by Crippen LogP contribution is -2.45. The summed E-state index contributed by atoms with van der Waals surface area (Å²) in [6.45, 7) is 1.73. The summed E-state index contributed by atoms with van der Waals surface area (Å²) >= 11 is 0. The maximum Gasteiger partial charge on any atom is 0.229 e. The molecule has 1 amide bonds. The minimum absolute atomic E-state index is 0.112. The first-order valence-corrected chi connectivity index (χ1v) is 12.1. The first-order valence-electron chi connectivity index (χ1n) is 10.3. The topological polar surface area (TPSA) is 119 Å². The first kappa shape index (κ1) is 22.5. The molecule has 9 nitrogen and oxygen atoms in total. The Morgan fingerprint density at radius 1 is 1.30 bits per heavy atom. The average molecular weight is 466 g/mol. The van der Waals surface area contributed by atoms with Gasteiger partial charge in [-0.15, -0.1) is 0 Å². The monoisotopic (exact) mass is 465 g/mol. The van der Waals surface area contributed by atoms with Gasteiger partial charge >= 0.3 is 0 Å². The number of rotatable bonds is 6. The number of nitrogens with zero attached hydrogens (tertiary/aromatic N) is 4. The molecule has 0 spiro atoms. The molecular formula is C23H23N5O4S. The van der Waals surface area contributed by atoms with Crippen molar-refractivity contribution in [2.24, 2.45) is 0 Å². The Kier molecular flexibility index (Phi) is 6.18. The quantitative estimate of drug-likeness (QED) is 0.598. The van der Waals surface area contributed by atoms with Crippen LogP contribution in [0.3, 0.4) is 0 Å². The van der Waals surface area contributed by atoms with Crippen LogP contribution in [0.4, 0.5) is 11.5 Å². The Balaban J connectivity index is 1.73. The molecule has 0 bridgehead atoms. The Morgan fingerprint density at radius 2 is 2.06 bits per heavy atom. The van der Waals surface area contributed by atoms with Crippen molar-refractivity contribution in [3.8, 4) is 11.8 Å². The van der Waals surface area contributed by atoms with Crippen LogP contribution in [-0.4, -0.2) is 47.5 Å². The molecule has 1 atom stereocenters. The van der Waals surface area contributed by atoms with Crippen LogP contribution in [0.5, 0.6) is 5.75 Å². The minimum atomic E-state index is -3.55. The zero-order valence-electron chi connectivity index (χ0n) is 18.2. The lowest BCUT2D eigenvalue weighted by molar-refractivity contribution is -0.115. The number of carbonyl (C=O) groups excluding carboxylic acids is 1. The third kappa shape index (κ3) is 4.74. The van der Waals surface area contributed by atoms with Crippen LogP contribution in [-0.2, 0) is 27.8 Å². The number of carbonyl (C=O) groups is 1. The molecule has 1 aromatic heterocycles. The van der Waals surface area contributed by atoms with E-state index in [-0.39, 0.29) is 19.1 Å². The third-order valence-electron chi connectivity index (χ3n) is 5.45. The summed E-state index contributed by atoms with van der Waals surface area (Å²) in [4.78, 5) is 20.8. The highest BCUT2D eigenvalue weighted by Crippen LogP contribution is 2.40. The van der Waals surface area contributed by atoms with Crippen molar-refractivity contribution >= 4 is 27.4 Å². The van der Waals surface area contributed by atoms with E-state index in [9.17, 15) is 18.5 Å². The van der Waals surface area contributed by atoms with Crippen molar-refractivity contribution in [1.82, 2.24) is 14.3 Å². The highest BCUT2D eigenvalue weighted by atomic mass is 32.2. The first-order chi connectivity index (χ1) is 15.8. The van der Waals surface area contributed by atoms with Crippen LogP contribution in [0.1, 0.15) is 23.6 Å². The number of fused-ring (bicyclic) bond motifs is 1. The van der Waals surface area contributed by atoms with Gasteiger partial charge in [0.2, 0.25) is 15.9 Å². The maximum atomic E-state index is 12.6. The lowest BCUT2D eigenvalue weighted by Gasteiger charge is -2.35. The number of aromatic amines is 1. The predicted octanol–water partition coefficient (Wildman–Crippen LogP) is 2.73. The number of ether oxygens (including phenoxy) is 1. The van der Waals surface area contributed by atoms with Gasteiger partial charge in [-0.05, 0) is 29.7 Å². The van der Waals surface area contributed by atoms with E-state index in [1.54, 1.807) is 12.1 Å². The molecule has 0 radical (unpaired) electrons. The number of H-pyrrole nitrogens is 1. The molecule has 2 aromatic carbocycles. The van der Waals surface area contributed by atoms with Gasteiger partial charge < -0.3 is 9.72 Å². The molecule has 1 aliphatic rings. The van der Waals surface area contributed by atoms with Crippen LogP contribution in [0.2, 0.25) is 0 Å². The average Bonchev–Trinajstić information content (AvgIpc) is 3.31. The fraction of sp³-hybridized carbons (Fsp3) is 0.261. The van der Waals surface area contributed by atoms with Crippen molar-refractivity contribution in [1.29, 1.82) is 5.26 Å². The second kappa shape index (κ2) is 9.05. The molecule has 0 aliphatic carbocycles. The predicted molar refractivity (Wildman–Crippen MR) is 122 cm³/mol. The summed E-state index contributed by atoms with van der Waals surface area (Å²) < 4.78 is 32.8. The molecule has 1 N–H and O–H groups in total. The number of hydrogen-bond acceptors (Lipinski definition) is 6. The maximum absolute atomic E-state index is 12.6. The number of hydrogen-bond donors (Lipinski definition) is 1. The largest absolute Gasteiger partial charge is 0.489 e. The number of benzene rings is 2. The standard InChI is InChI=1S/C23H23N5O4S/c1-16(29)28(22-12-25-15-26-22)21-9-18(11-24)8-19-10-20(14-32-23(19)21)27(33(2,30)31)13-17-6-4-3-5-7-17/h3-9,12,15,20H,10,13-14H2,1-2H3,(H,25,26). The highest BCUT2D eigenvalue weighted by Gasteiger charge is 2.34. The van der Waals surface area contributed by atoms with Crippen LogP contribution >= 0.6 is 0 Å². The number of nitrogens with one attached hydrogen (secondary N) is 1. The summed E-state index contributed by atoms with van der Waals surface area (Å²) in [5.41, 5.74) is 2.27. The smallest absolute Gasteiger partial charge is 0.229 e. The Morgan fingerprint density at radius 3 is 2.67 bits per heavy atom. The molecule has 0 saturated heterocycles. The summed E-state index contributed by atoms with van der Waals surface area (Å²) in [6, 6.07) is 14.3. The minimum Gasteiger partial charge on any atom is -0.489 e. The Labute approximate surface area is 192 Å². The third-order valence-corrected chi connectivity index (χ3v) is 6.73. The molecule has 1 unspecified atom stereocenters. The van der Waals surface area contributed by atoms with E-state index in [0.717, 1.165) is 5.56 Å². The van der Waals surface area contributed by atoms with Gasteiger partial charge in [0.05, 0.1) is 42.1 Å². The lowest BCUT2D eigenvalue weighted by atomic mass is 9.98. The number of anilines is 2. The number of sulfonamides is 1. The molecule has 4 rings (SSSR count). The van der Waals surface area contributed by atoms with E-state index >= 15 is 0 Å². The van der Waals surface area contributed by atoms with Crippen molar-refractivity contribution in [3.63, 3.8) is 0 Å². The second-order valence-corrected chi connectivity index (χ2v) is 9.78. The molecule has 0 fully saturated rings. The van der Waals surface area contributed by atoms with Gasteiger partial charge in [-0.2, -0.15) is 9.57 Å². The number of amides is 1. The van der Waals surface area contributed by atoms with Crippen LogP contribution in [0.15, 0.2) is 55.0 Å². The second-order valence-electron chi connectivity index (χ2n) is 7.85. The van der Waals surface area contributed by atoms with Gasteiger partial charge in [0.1, 0.15) is 18.2 Å². The summed E-state index contributed by atoms with van der Waals surface area (Å²) in [6.07, 6.45) is 4.48. The highest BCUT2D eigenvalue weighted by molar-refractivity contribution is 7.88. The normalized spacial score (nSPS) is 15.4. The van der Waals surface area contributed by atoms with E-state index < -0.39 is 16.1 Å². The zero-order valence-corrected chi connectivity index (χ0v) is 19.0. The van der Waals surface area contributed by atoms with Crippen molar-refractivity contribution in [3.05, 3.63) is 71.7 Å². The molecular weight excluding hydrogens is 442 g/mol. The Bertz CT molecular complexity index is 1300. The van der Waals surface area contributed by atoms with Crippen LogP contribution in [0, 0.1) is 11.3 Å². The van der Waals surface area contributed by atoms with Gasteiger partial charge in [-0.3, -0.25) is 9.69 Å². The zero-order chi connectivity index (χ0) is 23.6. The van der Waals surface area contributed by atoms with Crippen molar-refractivity contribution < 1.29 is 17.9 Å². The van der Waals surface area contributed by atoms with Crippen molar-refractivity contribution in [2.45, 2.75) is 25.9 Å². The van der Waals surface area contributed by atoms with Gasteiger partial charge in [-0.25, -0.2) is 13.4 Å². The van der Waals surface area contributed by atoms with E-state index in [4.69, 9.17) is 4.74 Å². The van der Waals surface area contributed by atoms with E-state index in [1.807, 2.05) is 30.3 Å². The number of nitriles is 1. The molecule has 10 heteroatoms. The van der Waals surface area contributed by atoms with E-state index in [2.05, 4.69) is 16.0 Å². The van der Waals surface area contributed by atoms with E-state index in [0.29, 0.717) is 34.8 Å². The number of aromatic nitrogens is 2. The molecule has 33 heavy (non-hydrogen) atoms. The summed E-state index contributed by atoms with van der Waals surface area (Å²) in [7, 11) is -3.55.